The Morgan fingerprint density at radius 3 is 1.08 bits per heavy atom. The van der Waals surface area contributed by atoms with E-state index in [4.69, 9.17) is 0 Å². The Morgan fingerprint density at radius 2 is 0.820 bits per heavy atom. The Balaban J connectivity index is 0.000000690. The molecule has 0 aromatic heterocycles. The van der Waals surface area contributed by atoms with E-state index in [1.54, 1.807) is 17.9 Å². The van der Waals surface area contributed by atoms with E-state index in [0.29, 0.717) is 33.8 Å². The van der Waals surface area contributed by atoms with Gasteiger partial charge in [-0.1, -0.05) is 106 Å². The van der Waals surface area contributed by atoms with Crippen LogP contribution >= 0.6 is 23.8 Å². The summed E-state index contributed by atoms with van der Waals surface area (Å²) in [5, 5.41) is 3.08. The molecule has 4 aliphatic rings. The third-order valence-electron chi connectivity index (χ3n) is 10.7. The van der Waals surface area contributed by atoms with Crippen molar-refractivity contribution in [1.29, 1.82) is 0 Å². The van der Waals surface area contributed by atoms with Gasteiger partial charge in [-0.15, -0.1) is 39.0 Å². The second-order valence-corrected chi connectivity index (χ2v) is 23.9. The fourth-order valence-electron chi connectivity index (χ4n) is 7.67. The van der Waals surface area contributed by atoms with Gasteiger partial charge in [-0.25, -0.2) is 0 Å². The van der Waals surface area contributed by atoms with Gasteiger partial charge in [0, 0.05) is 65.4 Å². The summed E-state index contributed by atoms with van der Waals surface area (Å²) in [5.41, 5.74) is 4.69. The van der Waals surface area contributed by atoms with Crippen molar-refractivity contribution in [2.75, 3.05) is 0 Å². The third kappa shape index (κ3) is 15.6. The molecule has 1 aromatic carbocycles. The van der Waals surface area contributed by atoms with Crippen LogP contribution in [0.2, 0.25) is 0 Å². The van der Waals surface area contributed by atoms with Crippen molar-refractivity contribution in [2.24, 2.45) is 11.8 Å². The van der Waals surface area contributed by atoms with Crippen LogP contribution in [-0.2, 0) is 84.6 Å². The van der Waals surface area contributed by atoms with Crippen LogP contribution in [0.1, 0.15) is 127 Å². The Morgan fingerprint density at radius 1 is 0.500 bits per heavy atom. The Hall–Kier alpha value is 0.878. The van der Waals surface area contributed by atoms with Crippen molar-refractivity contribution in [3.63, 3.8) is 0 Å². The predicted molar refractivity (Wildman–Crippen MR) is 212 cm³/mol. The molecule has 2 radical (unpaired) electrons. The van der Waals surface area contributed by atoms with Gasteiger partial charge in [0.1, 0.15) is 0 Å². The Kier molecular flexibility index (Phi) is 27.1. The average Bonchev–Trinajstić information content (AvgIpc) is 3.83. The maximum absolute atomic E-state index is 11.6. The van der Waals surface area contributed by atoms with Crippen molar-refractivity contribution in [1.82, 2.24) is 0 Å². The molecule has 0 unspecified atom stereocenters. The van der Waals surface area contributed by atoms with E-state index in [9.17, 15) is 19.2 Å². The number of hydrogen-bond donors (Lipinski definition) is 0. The first-order valence-corrected chi connectivity index (χ1v) is 22.6. The second-order valence-electron chi connectivity index (χ2n) is 14.8. The molecule has 50 heavy (non-hydrogen) atoms. The summed E-state index contributed by atoms with van der Waals surface area (Å²) in [7, 11) is -0.904. The van der Waals surface area contributed by atoms with Crippen LogP contribution < -0.4 is 5.30 Å². The van der Waals surface area contributed by atoms with Crippen LogP contribution in [0.4, 0.5) is 0 Å². The van der Waals surface area contributed by atoms with Gasteiger partial charge in [0.2, 0.25) is 0 Å². The molecule has 0 bridgehead atoms. The second kappa shape index (κ2) is 26.6. The molecule has 4 fully saturated rings. The standard InChI is InChI=1S/C16H24O2P2.C12H17P.C7H14.C6H6O2.2Y/c1-11-5-6-12(2)19(11)15(9-17)16(10-18)20-13(3)7-8-14(20)4;1-10-8-9-11(2)13(10)12-6-4-3-5-7-12;1-6-3-4-7(2)5-6;1-5(3-7)6(2)4-8;;/h11-14H,5-8H2,1-4H3;3-7,10-11H,8-9H2,1-2H3;6-7H,3-5H2,1-2H3;1-2H3;;/q-2;;;-2;;/t11-,12-,13-,14-;10-,11-;6-,7-;;;/m100.../s1. The molecule has 5 rings (SSSR count). The van der Waals surface area contributed by atoms with Gasteiger partial charge in [0.25, 0.3) is 0 Å². The molecule has 3 heterocycles. The number of hydrogen-bond acceptors (Lipinski definition) is 4. The van der Waals surface area contributed by atoms with E-state index in [-0.39, 0.29) is 73.3 Å². The topological polar surface area (TPSA) is 68.3 Å². The number of allylic oxidation sites excluding steroid dienone is 4. The molecular weight excluding hydrogens is 827 g/mol. The van der Waals surface area contributed by atoms with Crippen LogP contribution in [-0.4, -0.2) is 59.1 Å². The first kappa shape index (κ1) is 50.9. The minimum absolute atomic E-state index is 0. The van der Waals surface area contributed by atoms with E-state index in [1.165, 1.54) is 71.6 Å². The fraction of sp³-hybridized carbons (Fsp3) is 0.659. The minimum Gasteiger partial charge on any atom is -0.440 e. The summed E-state index contributed by atoms with van der Waals surface area (Å²) in [5.74, 6) is 2.05. The van der Waals surface area contributed by atoms with E-state index in [2.05, 4.69) is 98.3 Å². The maximum Gasteiger partial charge on any atom is 0 e. The molecule has 1 aliphatic carbocycles. The minimum atomic E-state index is -0.521. The zero-order valence-corrected chi connectivity index (χ0v) is 40.9. The van der Waals surface area contributed by atoms with Crippen LogP contribution in [0.25, 0.3) is 0 Å². The van der Waals surface area contributed by atoms with Crippen molar-refractivity contribution < 1.29 is 84.6 Å². The summed E-state index contributed by atoms with van der Waals surface area (Å²) < 4.78 is 0. The molecule has 1 aromatic rings. The number of carbonyl (C=O) groups excluding carboxylic acids is 4. The van der Waals surface area contributed by atoms with Crippen LogP contribution in [0.15, 0.2) is 52.1 Å². The molecule has 0 amide bonds. The van der Waals surface area contributed by atoms with Crippen molar-refractivity contribution in [3.05, 3.63) is 52.1 Å². The zero-order valence-electron chi connectivity index (χ0n) is 32.5. The summed E-state index contributed by atoms with van der Waals surface area (Å²) in [4.78, 5) is 42.7. The molecule has 4 nitrogen and oxygen atoms in total. The van der Waals surface area contributed by atoms with Crippen molar-refractivity contribution in [2.45, 2.75) is 161 Å². The van der Waals surface area contributed by atoms with Gasteiger partial charge in [0.15, 0.2) is 0 Å². The molecule has 3 saturated heterocycles. The zero-order chi connectivity index (χ0) is 36.0. The van der Waals surface area contributed by atoms with Crippen LogP contribution in [0.5, 0.6) is 0 Å². The maximum atomic E-state index is 11.6. The SMILES string of the molecule is CC([C-]=O)=C(C)[C-]=O.C[C@@H]1CC[C@@H](C)P1C([C-]=O)=C([C-]=O)P1[C@H](C)CC[C@H]1C.C[C@H]1CC[C@H](C)C1.C[C@H]1CC[C@H](C)P1c1ccccc1.[Y].[Y]. The number of rotatable bonds is 7. The van der Waals surface area contributed by atoms with Gasteiger partial charge >= 0.3 is 0 Å². The predicted octanol–water partition coefficient (Wildman–Crippen LogP) is 10.9. The van der Waals surface area contributed by atoms with Crippen molar-refractivity contribution in [3.8, 4) is 0 Å². The van der Waals surface area contributed by atoms with Gasteiger partial charge < -0.3 is 30.3 Å². The molecule has 1 saturated carbocycles. The van der Waals surface area contributed by atoms with Crippen molar-refractivity contribution >= 4 is 54.2 Å². The van der Waals surface area contributed by atoms with Crippen LogP contribution in [0.3, 0.4) is 0 Å². The Labute approximate surface area is 360 Å². The molecule has 9 heteroatoms. The Bertz CT molecular complexity index is 1150. The molecule has 274 valence electrons. The smallest absolute Gasteiger partial charge is 0 e. The number of benzene rings is 1. The van der Waals surface area contributed by atoms with Gasteiger partial charge in [-0.3, -0.25) is 10.6 Å². The largest absolute Gasteiger partial charge is 0.440 e. The van der Waals surface area contributed by atoms with Crippen LogP contribution in [0, 0.1) is 11.8 Å². The summed E-state index contributed by atoms with van der Waals surface area (Å²) >= 11 is 0. The molecular formula is C41H61O4P3Y2-4. The van der Waals surface area contributed by atoms with Gasteiger partial charge in [-0.05, 0) is 96.0 Å². The molecule has 3 aliphatic heterocycles. The van der Waals surface area contributed by atoms with E-state index in [0.717, 1.165) is 33.8 Å². The summed E-state index contributed by atoms with van der Waals surface area (Å²) in [6.45, 7) is 21.5. The first-order chi connectivity index (χ1) is 22.8. The van der Waals surface area contributed by atoms with E-state index in [1.807, 2.05) is 0 Å². The first-order valence-electron chi connectivity index (χ1n) is 18.1. The summed E-state index contributed by atoms with van der Waals surface area (Å²) in [6.07, 6.45) is 19.5. The van der Waals surface area contributed by atoms with Gasteiger partial charge in [0.05, 0.1) is 0 Å². The molecule has 0 spiro atoms. The summed E-state index contributed by atoms with van der Waals surface area (Å²) in [6, 6.07) is 11.1. The third-order valence-corrected chi connectivity index (χ3v) is 20.7. The van der Waals surface area contributed by atoms with E-state index >= 15 is 0 Å². The molecule has 8 atom stereocenters. The molecule has 0 N–H and O–H groups in total. The average molecular weight is 889 g/mol. The fourth-order valence-corrected chi connectivity index (χ4v) is 17.6. The normalized spacial score (nSPS) is 30.3. The van der Waals surface area contributed by atoms with E-state index < -0.39 is 15.8 Å². The van der Waals surface area contributed by atoms with Gasteiger partial charge in [-0.2, -0.15) is 15.8 Å². The quantitative estimate of drug-likeness (QED) is 0.155. The monoisotopic (exact) mass is 888 g/mol.